The van der Waals surface area contributed by atoms with Crippen LogP contribution in [0.3, 0.4) is 0 Å². The Labute approximate surface area is 111 Å². The molecule has 0 bridgehead atoms. The molecule has 0 radical (unpaired) electrons. The van der Waals surface area contributed by atoms with E-state index in [9.17, 15) is 13.6 Å². The highest BCUT2D eigenvalue weighted by atomic mass is 19.1. The molecule has 1 aromatic rings. The Morgan fingerprint density at radius 3 is 2.79 bits per heavy atom. The number of benzene rings is 1. The lowest BCUT2D eigenvalue weighted by molar-refractivity contribution is -0.120. The monoisotopic (exact) mass is 272 g/mol. The van der Waals surface area contributed by atoms with Crippen LogP contribution in [0, 0.1) is 11.6 Å². The molecule has 106 valence electrons. The van der Waals surface area contributed by atoms with Crippen molar-refractivity contribution in [3.8, 4) is 0 Å². The summed E-state index contributed by atoms with van der Waals surface area (Å²) in [7, 11) is 1.55. The molecule has 19 heavy (non-hydrogen) atoms. The second kappa shape index (κ2) is 7.81. The number of hydrogen-bond donors (Lipinski definition) is 2. The van der Waals surface area contributed by atoms with E-state index in [0.29, 0.717) is 18.7 Å². The zero-order chi connectivity index (χ0) is 14.3. The maximum absolute atomic E-state index is 13.5. The lowest BCUT2D eigenvalue weighted by atomic mass is 10.1. The SMILES string of the molecule is COCCNC(=O)CNC(C)c1ccc(F)cc1F. The Bertz CT molecular complexity index is 427. The van der Waals surface area contributed by atoms with Gasteiger partial charge in [0.2, 0.25) is 5.91 Å². The van der Waals surface area contributed by atoms with E-state index < -0.39 is 11.6 Å². The molecular formula is C13H18F2N2O2. The first kappa shape index (κ1) is 15.5. The van der Waals surface area contributed by atoms with Gasteiger partial charge in [-0.3, -0.25) is 4.79 Å². The highest BCUT2D eigenvalue weighted by Gasteiger charge is 2.12. The van der Waals surface area contributed by atoms with Crippen molar-refractivity contribution < 1.29 is 18.3 Å². The summed E-state index contributed by atoms with van der Waals surface area (Å²) in [6, 6.07) is 3.00. The molecule has 2 N–H and O–H groups in total. The van der Waals surface area contributed by atoms with Crippen LogP contribution in [0.15, 0.2) is 18.2 Å². The van der Waals surface area contributed by atoms with Crippen LogP contribution < -0.4 is 10.6 Å². The Balaban J connectivity index is 2.42. The van der Waals surface area contributed by atoms with E-state index in [1.54, 1.807) is 14.0 Å². The Morgan fingerprint density at radius 1 is 1.42 bits per heavy atom. The fraction of sp³-hybridized carbons (Fsp3) is 0.462. The zero-order valence-electron chi connectivity index (χ0n) is 11.0. The minimum absolute atomic E-state index is 0.0572. The van der Waals surface area contributed by atoms with Gasteiger partial charge in [-0.2, -0.15) is 0 Å². The number of carbonyl (C=O) groups is 1. The fourth-order valence-corrected chi connectivity index (χ4v) is 1.56. The molecule has 0 saturated carbocycles. The summed E-state index contributed by atoms with van der Waals surface area (Å²) in [5.74, 6) is -1.45. The molecule has 1 aromatic carbocycles. The average Bonchev–Trinajstić information content (AvgIpc) is 2.36. The quantitative estimate of drug-likeness (QED) is 0.737. The maximum Gasteiger partial charge on any atom is 0.234 e. The number of carbonyl (C=O) groups excluding carboxylic acids is 1. The van der Waals surface area contributed by atoms with E-state index in [1.165, 1.54) is 12.1 Å². The van der Waals surface area contributed by atoms with Crippen molar-refractivity contribution in [1.82, 2.24) is 10.6 Å². The number of halogens is 2. The molecule has 0 saturated heterocycles. The lowest BCUT2D eigenvalue weighted by Crippen LogP contribution is -2.36. The second-order valence-corrected chi connectivity index (χ2v) is 4.11. The van der Waals surface area contributed by atoms with Crippen molar-refractivity contribution in [2.75, 3.05) is 26.8 Å². The molecule has 0 aliphatic rings. The third kappa shape index (κ3) is 5.32. The van der Waals surface area contributed by atoms with Crippen LogP contribution in [-0.2, 0) is 9.53 Å². The standard InChI is InChI=1S/C13H18F2N2O2/c1-9(11-4-3-10(14)7-12(11)15)17-8-13(18)16-5-6-19-2/h3-4,7,9,17H,5-6,8H2,1-2H3,(H,16,18). The van der Waals surface area contributed by atoms with Crippen molar-refractivity contribution in [2.45, 2.75) is 13.0 Å². The molecule has 1 unspecified atom stereocenters. The minimum Gasteiger partial charge on any atom is -0.383 e. The summed E-state index contributed by atoms with van der Waals surface area (Å²) >= 11 is 0. The van der Waals surface area contributed by atoms with E-state index in [4.69, 9.17) is 4.74 Å². The third-order valence-electron chi connectivity index (χ3n) is 2.63. The van der Waals surface area contributed by atoms with Gasteiger partial charge in [0, 0.05) is 31.3 Å². The average molecular weight is 272 g/mol. The van der Waals surface area contributed by atoms with E-state index in [0.717, 1.165) is 6.07 Å². The summed E-state index contributed by atoms with van der Waals surface area (Å²) < 4.78 is 31.0. The van der Waals surface area contributed by atoms with Crippen LogP contribution in [0.25, 0.3) is 0 Å². The van der Waals surface area contributed by atoms with Crippen LogP contribution in [0.1, 0.15) is 18.5 Å². The van der Waals surface area contributed by atoms with Gasteiger partial charge in [-0.15, -0.1) is 0 Å². The molecule has 0 fully saturated rings. The number of hydrogen-bond acceptors (Lipinski definition) is 3. The normalized spacial score (nSPS) is 12.2. The summed E-state index contributed by atoms with van der Waals surface area (Å²) in [6.07, 6.45) is 0. The molecule has 0 aliphatic heterocycles. The van der Waals surface area contributed by atoms with Crippen molar-refractivity contribution in [3.05, 3.63) is 35.4 Å². The van der Waals surface area contributed by atoms with Crippen molar-refractivity contribution in [3.63, 3.8) is 0 Å². The van der Waals surface area contributed by atoms with E-state index in [2.05, 4.69) is 10.6 Å². The van der Waals surface area contributed by atoms with Crippen LogP contribution in [0.5, 0.6) is 0 Å². The van der Waals surface area contributed by atoms with Gasteiger partial charge in [-0.25, -0.2) is 8.78 Å². The number of methoxy groups -OCH3 is 1. The van der Waals surface area contributed by atoms with Gasteiger partial charge < -0.3 is 15.4 Å². The molecule has 0 heterocycles. The van der Waals surface area contributed by atoms with Crippen LogP contribution in [0.2, 0.25) is 0 Å². The van der Waals surface area contributed by atoms with Gasteiger partial charge >= 0.3 is 0 Å². The lowest BCUT2D eigenvalue weighted by Gasteiger charge is -2.15. The molecule has 1 atom stereocenters. The van der Waals surface area contributed by atoms with E-state index in [1.807, 2.05) is 0 Å². The van der Waals surface area contributed by atoms with E-state index in [-0.39, 0.29) is 18.5 Å². The first-order valence-electron chi connectivity index (χ1n) is 5.98. The Kier molecular flexibility index (Phi) is 6.38. The number of nitrogens with one attached hydrogen (secondary N) is 2. The highest BCUT2D eigenvalue weighted by Crippen LogP contribution is 2.17. The summed E-state index contributed by atoms with van der Waals surface area (Å²) in [5.41, 5.74) is 0.325. The third-order valence-corrected chi connectivity index (χ3v) is 2.63. The summed E-state index contributed by atoms with van der Waals surface area (Å²) in [6.45, 7) is 2.63. The van der Waals surface area contributed by atoms with Crippen LogP contribution in [0.4, 0.5) is 8.78 Å². The topological polar surface area (TPSA) is 50.4 Å². The molecule has 0 aliphatic carbocycles. The smallest absolute Gasteiger partial charge is 0.234 e. The van der Waals surface area contributed by atoms with Gasteiger partial charge in [0.05, 0.1) is 13.2 Å². The summed E-state index contributed by atoms with van der Waals surface area (Å²) in [5, 5.41) is 5.50. The van der Waals surface area contributed by atoms with Crippen molar-refractivity contribution in [1.29, 1.82) is 0 Å². The zero-order valence-corrected chi connectivity index (χ0v) is 11.0. The van der Waals surface area contributed by atoms with Gasteiger partial charge in [0.25, 0.3) is 0 Å². The largest absolute Gasteiger partial charge is 0.383 e. The molecule has 6 heteroatoms. The predicted octanol–water partition coefficient (Wildman–Crippen LogP) is 1.38. The van der Waals surface area contributed by atoms with Gasteiger partial charge in [0.1, 0.15) is 11.6 Å². The summed E-state index contributed by atoms with van der Waals surface area (Å²) in [4.78, 5) is 11.4. The second-order valence-electron chi connectivity index (χ2n) is 4.11. The first-order chi connectivity index (χ1) is 9.04. The number of rotatable bonds is 7. The van der Waals surface area contributed by atoms with Gasteiger partial charge in [-0.05, 0) is 13.0 Å². The molecule has 0 aromatic heterocycles. The van der Waals surface area contributed by atoms with E-state index >= 15 is 0 Å². The molecule has 4 nitrogen and oxygen atoms in total. The van der Waals surface area contributed by atoms with Crippen LogP contribution in [-0.4, -0.2) is 32.7 Å². The van der Waals surface area contributed by atoms with Crippen molar-refractivity contribution in [2.24, 2.45) is 0 Å². The van der Waals surface area contributed by atoms with Crippen molar-refractivity contribution >= 4 is 5.91 Å². The molecule has 1 amide bonds. The molecular weight excluding hydrogens is 254 g/mol. The highest BCUT2D eigenvalue weighted by molar-refractivity contribution is 5.78. The van der Waals surface area contributed by atoms with Gasteiger partial charge in [0.15, 0.2) is 0 Å². The number of ether oxygens (including phenoxy) is 1. The predicted molar refractivity (Wildman–Crippen MR) is 67.7 cm³/mol. The molecule has 0 spiro atoms. The van der Waals surface area contributed by atoms with Crippen LogP contribution >= 0.6 is 0 Å². The minimum atomic E-state index is -0.625. The first-order valence-corrected chi connectivity index (χ1v) is 5.98. The Hall–Kier alpha value is -1.53. The Morgan fingerprint density at radius 2 is 2.16 bits per heavy atom. The fourth-order valence-electron chi connectivity index (χ4n) is 1.56. The number of amides is 1. The maximum atomic E-state index is 13.5. The molecule has 1 rings (SSSR count). The van der Waals surface area contributed by atoms with Gasteiger partial charge in [-0.1, -0.05) is 6.07 Å².